The van der Waals surface area contributed by atoms with Gasteiger partial charge in [0.25, 0.3) is 0 Å². The SMILES string of the molecule is CNSC1CN(c2cc3nn(-c4ccccc4)c(C)c3cn2)C1. The molecule has 1 N–H and O–H groups in total. The third-order valence-electron chi connectivity index (χ3n) is 4.24. The zero-order valence-electron chi connectivity index (χ0n) is 13.2. The molecule has 0 spiro atoms. The molecule has 0 bridgehead atoms. The molecule has 0 aliphatic carbocycles. The largest absolute Gasteiger partial charge is 0.354 e. The molecule has 1 aromatic carbocycles. The van der Waals surface area contributed by atoms with Crippen LogP contribution in [0.25, 0.3) is 16.6 Å². The van der Waals surface area contributed by atoms with Crippen LogP contribution in [-0.4, -0.2) is 40.2 Å². The van der Waals surface area contributed by atoms with E-state index in [2.05, 4.69) is 39.7 Å². The van der Waals surface area contributed by atoms with E-state index in [0.29, 0.717) is 5.25 Å². The topological polar surface area (TPSA) is 46.0 Å². The normalized spacial score (nSPS) is 15.1. The highest BCUT2D eigenvalue weighted by molar-refractivity contribution is 7.98. The third-order valence-corrected chi connectivity index (χ3v) is 5.11. The van der Waals surface area contributed by atoms with Gasteiger partial charge in [-0.2, -0.15) is 5.10 Å². The Kier molecular flexibility index (Phi) is 3.71. The second-order valence-electron chi connectivity index (χ2n) is 5.74. The third kappa shape index (κ3) is 2.58. The minimum absolute atomic E-state index is 0.640. The van der Waals surface area contributed by atoms with Crippen LogP contribution < -0.4 is 9.62 Å². The summed E-state index contributed by atoms with van der Waals surface area (Å²) in [4.78, 5) is 6.93. The van der Waals surface area contributed by atoms with Gasteiger partial charge in [0.05, 0.1) is 22.1 Å². The van der Waals surface area contributed by atoms with Crippen LogP contribution in [0, 0.1) is 6.92 Å². The van der Waals surface area contributed by atoms with Gasteiger partial charge in [-0.1, -0.05) is 30.1 Å². The summed E-state index contributed by atoms with van der Waals surface area (Å²) in [5.41, 5.74) is 3.20. The van der Waals surface area contributed by atoms with Gasteiger partial charge < -0.3 is 4.90 Å². The Balaban J connectivity index is 1.65. The van der Waals surface area contributed by atoms with Gasteiger partial charge in [0.15, 0.2) is 0 Å². The van der Waals surface area contributed by atoms with Crippen LogP contribution in [0.15, 0.2) is 42.6 Å². The number of hydrogen-bond acceptors (Lipinski definition) is 5. The molecule has 1 saturated heterocycles. The molecule has 6 heteroatoms. The van der Waals surface area contributed by atoms with Crippen LogP contribution >= 0.6 is 11.9 Å². The summed E-state index contributed by atoms with van der Waals surface area (Å²) in [5, 5.41) is 6.52. The lowest BCUT2D eigenvalue weighted by atomic mass is 10.2. The maximum Gasteiger partial charge on any atom is 0.130 e. The number of nitrogens with zero attached hydrogens (tertiary/aromatic N) is 4. The first kappa shape index (κ1) is 14.5. The highest BCUT2D eigenvalue weighted by atomic mass is 32.2. The van der Waals surface area contributed by atoms with Crippen molar-refractivity contribution < 1.29 is 0 Å². The molecule has 0 atom stereocenters. The Labute approximate surface area is 139 Å². The summed E-state index contributed by atoms with van der Waals surface area (Å²) in [6, 6.07) is 12.3. The van der Waals surface area contributed by atoms with Crippen LogP contribution in [0.2, 0.25) is 0 Å². The van der Waals surface area contributed by atoms with Crippen molar-refractivity contribution in [1.29, 1.82) is 0 Å². The molecule has 0 amide bonds. The number of benzene rings is 1. The molecule has 3 aromatic rings. The molecule has 1 fully saturated rings. The van der Waals surface area contributed by atoms with E-state index >= 15 is 0 Å². The van der Waals surface area contributed by atoms with E-state index in [9.17, 15) is 0 Å². The predicted octanol–water partition coefficient (Wildman–Crippen LogP) is 2.79. The average molecular weight is 325 g/mol. The number of nitrogens with one attached hydrogen (secondary N) is 1. The van der Waals surface area contributed by atoms with E-state index < -0.39 is 0 Å². The Morgan fingerprint density at radius 3 is 2.74 bits per heavy atom. The molecule has 2 aromatic heterocycles. The van der Waals surface area contributed by atoms with Crippen molar-refractivity contribution in [3.63, 3.8) is 0 Å². The number of rotatable bonds is 4. The van der Waals surface area contributed by atoms with Crippen LogP contribution in [0.5, 0.6) is 0 Å². The van der Waals surface area contributed by atoms with E-state index in [0.717, 1.165) is 41.2 Å². The fourth-order valence-corrected chi connectivity index (χ4v) is 3.79. The number of anilines is 1. The molecule has 3 heterocycles. The number of aryl methyl sites for hydroxylation is 1. The predicted molar refractivity (Wildman–Crippen MR) is 96.3 cm³/mol. The van der Waals surface area contributed by atoms with E-state index in [1.165, 1.54) is 0 Å². The highest BCUT2D eigenvalue weighted by Gasteiger charge is 2.28. The quantitative estimate of drug-likeness (QED) is 0.747. The molecule has 5 nitrogen and oxygen atoms in total. The lowest BCUT2D eigenvalue weighted by Gasteiger charge is -2.39. The zero-order chi connectivity index (χ0) is 15.8. The van der Waals surface area contributed by atoms with Crippen LogP contribution in [0.1, 0.15) is 5.69 Å². The summed E-state index contributed by atoms with van der Waals surface area (Å²) in [6.07, 6.45) is 1.95. The fraction of sp³-hybridized carbons (Fsp3) is 0.294. The maximum atomic E-state index is 4.77. The van der Waals surface area contributed by atoms with Gasteiger partial charge in [0, 0.05) is 30.7 Å². The van der Waals surface area contributed by atoms with Gasteiger partial charge in [-0.15, -0.1) is 0 Å². The molecule has 0 saturated carbocycles. The second-order valence-corrected chi connectivity index (χ2v) is 7.05. The molecule has 0 unspecified atom stereocenters. The number of pyridine rings is 1. The number of aromatic nitrogens is 3. The fourth-order valence-electron chi connectivity index (χ4n) is 2.95. The lowest BCUT2D eigenvalue weighted by molar-refractivity contribution is 0.625. The Morgan fingerprint density at radius 1 is 1.22 bits per heavy atom. The van der Waals surface area contributed by atoms with E-state index in [-0.39, 0.29) is 0 Å². The zero-order valence-corrected chi connectivity index (χ0v) is 14.0. The van der Waals surface area contributed by atoms with E-state index in [4.69, 9.17) is 5.10 Å². The lowest BCUT2D eigenvalue weighted by Crippen LogP contribution is -2.50. The van der Waals surface area contributed by atoms with Crippen molar-refractivity contribution in [3.05, 3.63) is 48.3 Å². The van der Waals surface area contributed by atoms with Crippen molar-refractivity contribution >= 4 is 28.7 Å². The molecule has 4 rings (SSSR count). The second kappa shape index (κ2) is 5.86. The minimum Gasteiger partial charge on any atom is -0.354 e. The molecule has 23 heavy (non-hydrogen) atoms. The number of para-hydroxylation sites is 1. The smallest absolute Gasteiger partial charge is 0.130 e. The van der Waals surface area contributed by atoms with Gasteiger partial charge in [-0.25, -0.2) is 9.67 Å². The van der Waals surface area contributed by atoms with Crippen molar-refractivity contribution in [2.75, 3.05) is 25.0 Å². The Bertz CT molecular complexity index is 824. The van der Waals surface area contributed by atoms with Crippen molar-refractivity contribution in [3.8, 4) is 5.69 Å². The standard InChI is InChI=1S/C17H19N5S/c1-12-15-9-19-17(21-10-14(11-21)23-18-2)8-16(15)20-22(12)13-6-4-3-5-7-13/h3-9,14,18H,10-11H2,1-2H3. The minimum atomic E-state index is 0.640. The monoisotopic (exact) mass is 325 g/mol. The average Bonchev–Trinajstić information content (AvgIpc) is 2.88. The number of fused-ring (bicyclic) bond motifs is 1. The van der Waals surface area contributed by atoms with Gasteiger partial charge >= 0.3 is 0 Å². The molecule has 118 valence electrons. The summed E-state index contributed by atoms with van der Waals surface area (Å²) in [5.74, 6) is 1.02. The summed E-state index contributed by atoms with van der Waals surface area (Å²) in [7, 11) is 1.97. The molecule has 0 radical (unpaired) electrons. The molecule has 1 aliphatic heterocycles. The molecular formula is C17H19N5S. The number of hydrogen-bond donors (Lipinski definition) is 1. The summed E-state index contributed by atoms with van der Waals surface area (Å²) in [6.45, 7) is 4.15. The Hall–Kier alpha value is -2.05. The first-order valence-electron chi connectivity index (χ1n) is 7.74. The molecular weight excluding hydrogens is 306 g/mol. The first-order valence-corrected chi connectivity index (χ1v) is 8.62. The van der Waals surface area contributed by atoms with Gasteiger partial charge in [0.1, 0.15) is 5.82 Å². The van der Waals surface area contributed by atoms with Gasteiger partial charge in [-0.05, 0) is 26.1 Å². The van der Waals surface area contributed by atoms with Crippen molar-refractivity contribution in [2.45, 2.75) is 12.2 Å². The van der Waals surface area contributed by atoms with Crippen LogP contribution in [0.3, 0.4) is 0 Å². The first-order chi connectivity index (χ1) is 11.3. The highest BCUT2D eigenvalue weighted by Crippen LogP contribution is 2.28. The van der Waals surface area contributed by atoms with Gasteiger partial charge in [-0.3, -0.25) is 4.72 Å². The molecule has 1 aliphatic rings. The maximum absolute atomic E-state index is 4.77. The Morgan fingerprint density at radius 2 is 2.00 bits per heavy atom. The summed E-state index contributed by atoms with van der Waals surface area (Å²) >= 11 is 1.78. The van der Waals surface area contributed by atoms with Crippen LogP contribution in [0.4, 0.5) is 5.82 Å². The van der Waals surface area contributed by atoms with E-state index in [1.54, 1.807) is 11.9 Å². The van der Waals surface area contributed by atoms with Crippen molar-refractivity contribution in [2.24, 2.45) is 0 Å². The van der Waals surface area contributed by atoms with Crippen molar-refractivity contribution in [1.82, 2.24) is 19.5 Å². The summed E-state index contributed by atoms with van der Waals surface area (Å²) < 4.78 is 5.15. The van der Waals surface area contributed by atoms with E-state index in [1.807, 2.05) is 36.1 Å². The van der Waals surface area contributed by atoms with Gasteiger partial charge in [0.2, 0.25) is 0 Å². The van der Waals surface area contributed by atoms with Crippen LogP contribution in [-0.2, 0) is 0 Å².